The van der Waals surface area contributed by atoms with Gasteiger partial charge in [-0.05, 0) is 23.6 Å². The summed E-state index contributed by atoms with van der Waals surface area (Å²) in [5, 5.41) is 0. The Morgan fingerprint density at radius 1 is 1.10 bits per heavy atom. The number of likely N-dealkylation sites (N-methyl/N-ethyl adjacent to an activating group) is 1. The van der Waals surface area contributed by atoms with Crippen LogP contribution < -0.4 is 5.73 Å². The molecule has 0 aromatic heterocycles. The highest BCUT2D eigenvalue weighted by Crippen LogP contribution is 2.23. The van der Waals surface area contributed by atoms with Gasteiger partial charge in [-0.15, -0.1) is 0 Å². The van der Waals surface area contributed by atoms with Gasteiger partial charge in [0, 0.05) is 26.2 Å². The predicted molar refractivity (Wildman–Crippen MR) is 90.3 cm³/mol. The molecule has 21 heavy (non-hydrogen) atoms. The van der Waals surface area contributed by atoms with Crippen molar-refractivity contribution in [1.82, 2.24) is 4.90 Å². The Balaban J connectivity index is 2.82. The lowest BCUT2D eigenvalue weighted by atomic mass is 9.99. The molecule has 0 radical (unpaired) electrons. The molecule has 0 aliphatic rings. The van der Waals surface area contributed by atoms with E-state index in [4.69, 9.17) is 10.5 Å². The van der Waals surface area contributed by atoms with E-state index in [2.05, 4.69) is 49.9 Å². The van der Waals surface area contributed by atoms with Crippen molar-refractivity contribution < 1.29 is 4.74 Å². The van der Waals surface area contributed by atoms with Crippen LogP contribution in [0.2, 0.25) is 0 Å². The molecule has 0 bridgehead atoms. The van der Waals surface area contributed by atoms with E-state index in [9.17, 15) is 0 Å². The third kappa shape index (κ3) is 5.42. The first-order chi connectivity index (χ1) is 10.2. The first-order valence-corrected chi connectivity index (χ1v) is 8.21. The molecule has 0 spiro atoms. The average molecular weight is 292 g/mol. The molecular weight excluding hydrogens is 260 g/mol. The Kier molecular flexibility index (Phi) is 8.58. The molecule has 1 unspecified atom stereocenters. The van der Waals surface area contributed by atoms with Crippen molar-refractivity contribution in [3.05, 3.63) is 35.4 Å². The van der Waals surface area contributed by atoms with E-state index in [1.807, 2.05) is 0 Å². The molecule has 2 N–H and O–H groups in total. The van der Waals surface area contributed by atoms with Gasteiger partial charge in [0.2, 0.25) is 0 Å². The van der Waals surface area contributed by atoms with Gasteiger partial charge in [0.05, 0.1) is 6.61 Å². The van der Waals surface area contributed by atoms with Crippen LogP contribution in [0.1, 0.15) is 50.8 Å². The van der Waals surface area contributed by atoms with Crippen molar-refractivity contribution >= 4 is 0 Å². The van der Waals surface area contributed by atoms with E-state index in [-0.39, 0.29) is 0 Å². The number of ether oxygens (including phenoxy) is 1. The summed E-state index contributed by atoms with van der Waals surface area (Å²) in [6.07, 6.45) is 2.47. The molecule has 0 saturated heterocycles. The van der Waals surface area contributed by atoms with E-state index in [0.717, 1.165) is 19.0 Å². The highest BCUT2D eigenvalue weighted by Gasteiger charge is 2.20. The van der Waals surface area contributed by atoms with Gasteiger partial charge in [-0.3, -0.25) is 4.90 Å². The summed E-state index contributed by atoms with van der Waals surface area (Å²) in [5.74, 6) is 0.756. The molecule has 0 aliphatic heterocycles. The van der Waals surface area contributed by atoms with Gasteiger partial charge < -0.3 is 10.5 Å². The van der Waals surface area contributed by atoms with Crippen LogP contribution >= 0.6 is 0 Å². The minimum absolute atomic E-state index is 0.312. The zero-order valence-electron chi connectivity index (χ0n) is 14.1. The highest BCUT2D eigenvalue weighted by molar-refractivity contribution is 5.25. The van der Waals surface area contributed by atoms with Crippen LogP contribution in [0.3, 0.4) is 0 Å². The standard InChI is InChI=1S/C18H32N2O/c1-5-15(6-2)13-20(7-3)18(12-19)17-10-8-16(9-11-17)14-21-4/h8-11,15,18H,5-7,12-14,19H2,1-4H3. The summed E-state index contributed by atoms with van der Waals surface area (Å²) in [6, 6.07) is 8.99. The largest absolute Gasteiger partial charge is 0.380 e. The summed E-state index contributed by atoms with van der Waals surface area (Å²) in [6.45, 7) is 10.3. The molecule has 0 amide bonds. The van der Waals surface area contributed by atoms with Gasteiger partial charge in [-0.25, -0.2) is 0 Å². The maximum Gasteiger partial charge on any atom is 0.0713 e. The number of nitrogens with zero attached hydrogens (tertiary/aromatic N) is 1. The highest BCUT2D eigenvalue weighted by atomic mass is 16.5. The second-order valence-electron chi connectivity index (χ2n) is 5.70. The number of hydrogen-bond donors (Lipinski definition) is 1. The monoisotopic (exact) mass is 292 g/mol. The molecule has 120 valence electrons. The zero-order valence-corrected chi connectivity index (χ0v) is 14.1. The van der Waals surface area contributed by atoms with Gasteiger partial charge in [-0.2, -0.15) is 0 Å². The zero-order chi connectivity index (χ0) is 15.7. The third-order valence-electron chi connectivity index (χ3n) is 4.39. The van der Waals surface area contributed by atoms with Crippen molar-refractivity contribution in [1.29, 1.82) is 0 Å². The van der Waals surface area contributed by atoms with Crippen molar-refractivity contribution in [2.75, 3.05) is 26.7 Å². The van der Waals surface area contributed by atoms with Gasteiger partial charge in [0.1, 0.15) is 0 Å². The van der Waals surface area contributed by atoms with Crippen molar-refractivity contribution in [2.45, 2.75) is 46.3 Å². The van der Waals surface area contributed by atoms with Crippen molar-refractivity contribution in [3.8, 4) is 0 Å². The molecule has 3 heteroatoms. The Labute approximate surface area is 130 Å². The fourth-order valence-electron chi connectivity index (χ4n) is 2.85. The maximum atomic E-state index is 6.07. The van der Waals surface area contributed by atoms with E-state index >= 15 is 0 Å². The fourth-order valence-corrected chi connectivity index (χ4v) is 2.85. The molecule has 3 nitrogen and oxygen atoms in total. The first-order valence-electron chi connectivity index (χ1n) is 8.21. The second-order valence-corrected chi connectivity index (χ2v) is 5.70. The molecule has 1 aromatic rings. The van der Waals surface area contributed by atoms with E-state index in [0.29, 0.717) is 19.2 Å². The lowest BCUT2D eigenvalue weighted by Gasteiger charge is -2.33. The normalized spacial score (nSPS) is 13.1. The SMILES string of the molecule is CCC(CC)CN(CC)C(CN)c1ccc(COC)cc1. The Morgan fingerprint density at radius 2 is 1.71 bits per heavy atom. The number of rotatable bonds is 10. The molecule has 1 aromatic carbocycles. The Hall–Kier alpha value is -0.900. The van der Waals surface area contributed by atoms with Gasteiger partial charge >= 0.3 is 0 Å². The summed E-state index contributed by atoms with van der Waals surface area (Å²) < 4.78 is 5.17. The minimum atomic E-state index is 0.312. The summed E-state index contributed by atoms with van der Waals surface area (Å²) >= 11 is 0. The number of benzene rings is 1. The van der Waals surface area contributed by atoms with E-state index in [1.54, 1.807) is 7.11 Å². The Morgan fingerprint density at radius 3 is 2.14 bits per heavy atom. The quantitative estimate of drug-likeness (QED) is 0.716. The lowest BCUT2D eigenvalue weighted by molar-refractivity contribution is 0.174. The first kappa shape index (κ1) is 18.1. The Bertz CT molecular complexity index is 373. The summed E-state index contributed by atoms with van der Waals surface area (Å²) in [5.41, 5.74) is 8.59. The average Bonchev–Trinajstić information content (AvgIpc) is 2.53. The second kappa shape index (κ2) is 9.93. The number of nitrogens with two attached hydrogens (primary N) is 1. The van der Waals surface area contributed by atoms with Crippen molar-refractivity contribution in [3.63, 3.8) is 0 Å². The topological polar surface area (TPSA) is 38.5 Å². The molecule has 0 heterocycles. The third-order valence-corrected chi connectivity index (χ3v) is 4.39. The van der Waals surface area contributed by atoms with Gasteiger partial charge in [-0.1, -0.05) is 57.9 Å². The van der Waals surface area contributed by atoms with Crippen LogP contribution in [0, 0.1) is 5.92 Å². The smallest absolute Gasteiger partial charge is 0.0713 e. The summed E-state index contributed by atoms with van der Waals surface area (Å²) in [4.78, 5) is 2.52. The summed E-state index contributed by atoms with van der Waals surface area (Å²) in [7, 11) is 1.73. The predicted octanol–water partition coefficient (Wildman–Crippen LogP) is 3.59. The van der Waals surface area contributed by atoms with Crippen molar-refractivity contribution in [2.24, 2.45) is 11.7 Å². The van der Waals surface area contributed by atoms with Crippen LogP contribution in [0.15, 0.2) is 24.3 Å². The number of methoxy groups -OCH3 is 1. The van der Waals surface area contributed by atoms with E-state index in [1.165, 1.54) is 24.0 Å². The van der Waals surface area contributed by atoms with E-state index < -0.39 is 0 Å². The molecular formula is C18H32N2O. The minimum Gasteiger partial charge on any atom is -0.380 e. The fraction of sp³-hybridized carbons (Fsp3) is 0.667. The van der Waals surface area contributed by atoms with Crippen LogP contribution in [0.5, 0.6) is 0 Å². The van der Waals surface area contributed by atoms with Crippen LogP contribution in [-0.4, -0.2) is 31.6 Å². The molecule has 0 fully saturated rings. The lowest BCUT2D eigenvalue weighted by Crippen LogP contribution is -2.37. The molecule has 1 atom stereocenters. The van der Waals surface area contributed by atoms with Crippen LogP contribution in [-0.2, 0) is 11.3 Å². The molecule has 1 rings (SSSR count). The molecule has 0 aliphatic carbocycles. The van der Waals surface area contributed by atoms with Crippen LogP contribution in [0.25, 0.3) is 0 Å². The molecule has 0 saturated carbocycles. The number of hydrogen-bond acceptors (Lipinski definition) is 3. The van der Waals surface area contributed by atoms with Gasteiger partial charge in [0.15, 0.2) is 0 Å². The maximum absolute atomic E-state index is 6.07. The van der Waals surface area contributed by atoms with Gasteiger partial charge in [0.25, 0.3) is 0 Å². The van der Waals surface area contributed by atoms with Crippen LogP contribution in [0.4, 0.5) is 0 Å².